The maximum absolute atomic E-state index is 5.54. The fraction of sp³-hybridized carbons (Fsp3) is 0.538. The van der Waals surface area contributed by atoms with Crippen LogP contribution < -0.4 is 15.8 Å². The number of aryl methyl sites for hydroxylation is 1. The van der Waals surface area contributed by atoms with Gasteiger partial charge in [-0.25, -0.2) is 0 Å². The van der Waals surface area contributed by atoms with Crippen LogP contribution in [0, 0.1) is 6.92 Å². The van der Waals surface area contributed by atoms with E-state index in [1.54, 1.807) is 0 Å². The highest BCUT2D eigenvalue weighted by Crippen LogP contribution is 2.10. The summed E-state index contributed by atoms with van der Waals surface area (Å²) in [6.07, 6.45) is 0. The number of ether oxygens (including phenoxy) is 2. The van der Waals surface area contributed by atoms with E-state index in [0.29, 0.717) is 13.2 Å². The lowest BCUT2D eigenvalue weighted by molar-refractivity contribution is -0.671. The highest BCUT2D eigenvalue weighted by molar-refractivity contribution is 5.26. The average molecular weight is 240 g/mol. The molecule has 0 fully saturated rings. The summed E-state index contributed by atoms with van der Waals surface area (Å²) >= 11 is 0. The summed E-state index contributed by atoms with van der Waals surface area (Å²) in [6.45, 7) is 7.14. The number of hydrogen-bond donors (Lipinski definition) is 2. The first-order valence-corrected chi connectivity index (χ1v) is 6.21. The number of quaternary nitrogens is 2. The van der Waals surface area contributed by atoms with Gasteiger partial charge in [0.2, 0.25) is 0 Å². The summed E-state index contributed by atoms with van der Waals surface area (Å²) in [5.41, 5.74) is 5.03. The first-order valence-electron chi connectivity index (χ1n) is 6.21. The largest absolute Gasteiger partial charge is 0.491 e. The van der Waals surface area contributed by atoms with Gasteiger partial charge in [0, 0.05) is 0 Å². The quantitative estimate of drug-likeness (QED) is 0.555. The number of rotatable bonds is 9. The number of benzene rings is 1. The molecule has 1 aromatic rings. The van der Waals surface area contributed by atoms with Crippen LogP contribution in [0.4, 0.5) is 0 Å². The third-order valence-electron chi connectivity index (χ3n) is 2.39. The minimum absolute atomic E-state index is 0.610. The van der Waals surface area contributed by atoms with Crippen LogP contribution in [0.3, 0.4) is 0 Å². The molecule has 5 N–H and O–H groups in total. The second-order valence-corrected chi connectivity index (χ2v) is 3.99. The van der Waals surface area contributed by atoms with Gasteiger partial charge in [-0.15, -0.1) is 0 Å². The Kier molecular flexibility index (Phi) is 7.38. The summed E-state index contributed by atoms with van der Waals surface area (Å²) < 4.78 is 11.0. The summed E-state index contributed by atoms with van der Waals surface area (Å²) in [7, 11) is 0. The van der Waals surface area contributed by atoms with E-state index in [9.17, 15) is 0 Å². The Bertz CT molecular complexity index is 288. The van der Waals surface area contributed by atoms with Crippen molar-refractivity contribution in [2.24, 2.45) is 0 Å². The zero-order valence-electron chi connectivity index (χ0n) is 10.7. The Morgan fingerprint density at radius 2 is 1.82 bits per heavy atom. The van der Waals surface area contributed by atoms with Crippen molar-refractivity contribution in [1.29, 1.82) is 0 Å². The second-order valence-electron chi connectivity index (χ2n) is 3.99. The normalized spacial score (nSPS) is 10.5. The Hall–Kier alpha value is -1.10. The van der Waals surface area contributed by atoms with E-state index in [0.717, 1.165) is 32.0 Å². The fourth-order valence-corrected chi connectivity index (χ4v) is 1.41. The standard InChI is InChI=1S/C13H22N2O2/c1-12-2-4-13(5-3-12)17-11-10-16-9-8-15-7-6-14/h2-5,15H,6-11,14H2,1H3/p+2. The van der Waals surface area contributed by atoms with E-state index in [2.05, 4.69) is 18.0 Å². The summed E-state index contributed by atoms with van der Waals surface area (Å²) in [5.74, 6) is 0.905. The van der Waals surface area contributed by atoms with E-state index in [1.807, 2.05) is 24.3 Å². The zero-order valence-corrected chi connectivity index (χ0v) is 10.7. The monoisotopic (exact) mass is 240 g/mol. The molecule has 0 unspecified atom stereocenters. The summed E-state index contributed by atoms with van der Waals surface area (Å²) in [6, 6.07) is 8.06. The molecule has 0 radical (unpaired) electrons. The Labute approximate surface area is 103 Å². The van der Waals surface area contributed by atoms with Crippen molar-refractivity contribution in [1.82, 2.24) is 0 Å². The smallest absolute Gasteiger partial charge is 0.125 e. The summed E-state index contributed by atoms with van der Waals surface area (Å²) in [4.78, 5) is 0. The number of nitrogens with two attached hydrogens (primary N) is 1. The van der Waals surface area contributed by atoms with Crippen LogP contribution in [-0.2, 0) is 4.74 Å². The molecule has 0 aromatic heterocycles. The number of hydrogen-bond acceptors (Lipinski definition) is 2. The molecule has 0 atom stereocenters. The molecule has 0 aliphatic carbocycles. The summed E-state index contributed by atoms with van der Waals surface area (Å²) in [5, 5.41) is 2.22. The van der Waals surface area contributed by atoms with E-state index < -0.39 is 0 Å². The third-order valence-corrected chi connectivity index (χ3v) is 2.39. The maximum Gasteiger partial charge on any atom is 0.125 e. The van der Waals surface area contributed by atoms with Gasteiger partial charge in [-0.05, 0) is 19.1 Å². The second kappa shape index (κ2) is 8.98. The lowest BCUT2D eigenvalue weighted by atomic mass is 10.2. The molecule has 4 heteroatoms. The zero-order chi connectivity index (χ0) is 12.3. The van der Waals surface area contributed by atoms with Crippen molar-refractivity contribution in [3.05, 3.63) is 29.8 Å². The first kappa shape index (κ1) is 14.0. The van der Waals surface area contributed by atoms with Gasteiger partial charge >= 0.3 is 0 Å². The van der Waals surface area contributed by atoms with Gasteiger partial charge in [-0.1, -0.05) is 17.7 Å². The lowest BCUT2D eigenvalue weighted by Crippen LogP contribution is -2.88. The van der Waals surface area contributed by atoms with Crippen LogP contribution in [0.15, 0.2) is 24.3 Å². The highest BCUT2D eigenvalue weighted by atomic mass is 16.5. The van der Waals surface area contributed by atoms with E-state index in [4.69, 9.17) is 9.47 Å². The fourth-order valence-electron chi connectivity index (χ4n) is 1.41. The SMILES string of the molecule is Cc1ccc(OCCOCC[NH2+]CC[NH3+])cc1. The molecular formula is C13H24N2O2+2. The van der Waals surface area contributed by atoms with Crippen LogP contribution in [0.5, 0.6) is 5.75 Å². The predicted octanol–water partition coefficient (Wildman–Crippen LogP) is -0.804. The molecule has 0 spiro atoms. The molecule has 0 bridgehead atoms. The molecule has 0 aliphatic rings. The Morgan fingerprint density at radius 3 is 2.53 bits per heavy atom. The van der Waals surface area contributed by atoms with E-state index >= 15 is 0 Å². The molecular weight excluding hydrogens is 216 g/mol. The van der Waals surface area contributed by atoms with Crippen LogP contribution in [0.1, 0.15) is 5.56 Å². The molecule has 4 nitrogen and oxygen atoms in total. The molecule has 0 saturated heterocycles. The minimum atomic E-state index is 0.610. The van der Waals surface area contributed by atoms with Crippen molar-refractivity contribution in [2.75, 3.05) is 39.5 Å². The van der Waals surface area contributed by atoms with Crippen LogP contribution in [0.25, 0.3) is 0 Å². The van der Waals surface area contributed by atoms with Crippen LogP contribution in [0.2, 0.25) is 0 Å². The van der Waals surface area contributed by atoms with Gasteiger partial charge in [0.05, 0.1) is 19.8 Å². The van der Waals surface area contributed by atoms with Crippen molar-refractivity contribution in [3.8, 4) is 5.75 Å². The third kappa shape index (κ3) is 6.94. The van der Waals surface area contributed by atoms with Crippen molar-refractivity contribution in [3.63, 3.8) is 0 Å². The highest BCUT2D eigenvalue weighted by Gasteiger charge is 1.94. The molecule has 1 aromatic carbocycles. The topological polar surface area (TPSA) is 62.7 Å². The van der Waals surface area contributed by atoms with Gasteiger partial charge < -0.3 is 20.5 Å². The molecule has 0 amide bonds. The lowest BCUT2D eigenvalue weighted by Gasteiger charge is -2.06. The van der Waals surface area contributed by atoms with E-state index in [-0.39, 0.29) is 0 Å². The Morgan fingerprint density at radius 1 is 1.06 bits per heavy atom. The molecule has 0 heterocycles. The van der Waals surface area contributed by atoms with Crippen LogP contribution >= 0.6 is 0 Å². The van der Waals surface area contributed by atoms with Crippen molar-refractivity contribution >= 4 is 0 Å². The molecule has 0 aliphatic heterocycles. The van der Waals surface area contributed by atoms with E-state index in [1.165, 1.54) is 5.56 Å². The van der Waals surface area contributed by atoms with Gasteiger partial charge in [0.15, 0.2) is 0 Å². The Balaban J connectivity index is 1.95. The molecule has 17 heavy (non-hydrogen) atoms. The van der Waals surface area contributed by atoms with Crippen molar-refractivity contribution in [2.45, 2.75) is 6.92 Å². The average Bonchev–Trinajstić information content (AvgIpc) is 2.35. The van der Waals surface area contributed by atoms with Gasteiger partial charge in [0.25, 0.3) is 0 Å². The van der Waals surface area contributed by atoms with Gasteiger partial charge in [0.1, 0.15) is 25.4 Å². The molecule has 96 valence electrons. The molecule has 0 saturated carbocycles. The maximum atomic E-state index is 5.54. The van der Waals surface area contributed by atoms with Gasteiger partial charge in [-0.2, -0.15) is 0 Å². The van der Waals surface area contributed by atoms with Gasteiger partial charge in [-0.3, -0.25) is 0 Å². The van der Waals surface area contributed by atoms with Crippen molar-refractivity contribution < 1.29 is 20.5 Å². The molecule has 1 rings (SSSR count). The predicted molar refractivity (Wildman–Crippen MR) is 66.9 cm³/mol. The minimum Gasteiger partial charge on any atom is -0.491 e. The first-order chi connectivity index (χ1) is 8.33. The van der Waals surface area contributed by atoms with Crippen LogP contribution in [-0.4, -0.2) is 39.5 Å².